The van der Waals surface area contributed by atoms with Crippen LogP contribution in [0.5, 0.6) is 0 Å². The van der Waals surface area contributed by atoms with Crippen molar-refractivity contribution in [2.75, 3.05) is 0 Å². The molecule has 0 N–H and O–H groups in total. The summed E-state index contributed by atoms with van der Waals surface area (Å²) in [7, 11) is 0. The van der Waals surface area contributed by atoms with Crippen molar-refractivity contribution in [3.63, 3.8) is 0 Å². The Kier molecular flexibility index (Phi) is 5.38. The molecule has 0 saturated carbocycles. The summed E-state index contributed by atoms with van der Waals surface area (Å²) in [5.41, 5.74) is 12.9. The summed E-state index contributed by atoms with van der Waals surface area (Å²) >= 11 is 0. The summed E-state index contributed by atoms with van der Waals surface area (Å²) in [5.74, 6) is 0. The number of hydrogen-bond donors (Lipinski definition) is 0. The summed E-state index contributed by atoms with van der Waals surface area (Å²) in [4.78, 5) is 0. The molecule has 212 valence electrons. The minimum absolute atomic E-state index is 1.23. The van der Waals surface area contributed by atoms with Gasteiger partial charge in [0.05, 0.1) is 0 Å². The average molecular weight is 581 g/mol. The second-order valence-corrected chi connectivity index (χ2v) is 12.5. The molecule has 1 aliphatic rings. The van der Waals surface area contributed by atoms with Gasteiger partial charge in [0, 0.05) is 0 Å². The first-order chi connectivity index (χ1) is 22.8. The molecule has 0 nitrogen and oxygen atoms in total. The van der Waals surface area contributed by atoms with Crippen molar-refractivity contribution in [3.8, 4) is 55.6 Å². The summed E-state index contributed by atoms with van der Waals surface area (Å²) in [6, 6.07) is 62.8. The molecule has 10 rings (SSSR count). The summed E-state index contributed by atoms with van der Waals surface area (Å²) in [6.45, 7) is 0. The van der Waals surface area contributed by atoms with Crippen LogP contribution in [0.1, 0.15) is 0 Å². The molecule has 0 amide bonds. The highest BCUT2D eigenvalue weighted by atomic mass is 14.2. The predicted molar refractivity (Wildman–Crippen MR) is 197 cm³/mol. The summed E-state index contributed by atoms with van der Waals surface area (Å²) in [6.07, 6.45) is 0. The SMILES string of the molecule is c1ccc2c(c1)-c1cccc3c(-c4ccc(-c5ccc6ccc(-c7cc8ccccc8c8ccccc78)cc6c5)cc4)ccc-2c13. The minimum atomic E-state index is 1.23. The highest BCUT2D eigenvalue weighted by molar-refractivity contribution is 6.19. The maximum absolute atomic E-state index is 2.36. The Bertz CT molecular complexity index is 2640. The molecule has 0 atom stereocenters. The predicted octanol–water partition coefficient (Wildman–Crippen LogP) is 12.9. The van der Waals surface area contributed by atoms with Crippen molar-refractivity contribution in [3.05, 3.63) is 170 Å². The molecule has 0 aromatic heterocycles. The van der Waals surface area contributed by atoms with Crippen LogP contribution in [-0.4, -0.2) is 0 Å². The van der Waals surface area contributed by atoms with Crippen LogP contribution in [0.3, 0.4) is 0 Å². The van der Waals surface area contributed by atoms with Crippen molar-refractivity contribution < 1.29 is 0 Å². The Balaban J connectivity index is 1.05. The van der Waals surface area contributed by atoms with Crippen molar-refractivity contribution in [2.24, 2.45) is 0 Å². The van der Waals surface area contributed by atoms with Crippen LogP contribution in [0.2, 0.25) is 0 Å². The standard InChI is InChI=1S/C46H28/c1-2-9-36-33(8-1)28-45(41-13-6-3-10-38(36)41)34-23-19-30-18-22-32(26-35(30)27-34)29-16-20-31(21-17-29)37-24-25-44-40-12-5-4-11-39(40)43-15-7-14-42(37)46(43)44/h1-28H. The zero-order valence-corrected chi connectivity index (χ0v) is 25.2. The fraction of sp³-hybridized carbons (Fsp3) is 0. The Labute approximate surface area is 267 Å². The van der Waals surface area contributed by atoms with Crippen LogP contribution in [-0.2, 0) is 0 Å². The Morgan fingerprint density at radius 3 is 1.61 bits per heavy atom. The van der Waals surface area contributed by atoms with E-state index < -0.39 is 0 Å². The highest BCUT2D eigenvalue weighted by Crippen LogP contribution is 2.49. The van der Waals surface area contributed by atoms with Crippen LogP contribution in [0.15, 0.2) is 170 Å². The third kappa shape index (κ3) is 3.74. The molecule has 0 unspecified atom stereocenters. The fourth-order valence-electron chi connectivity index (χ4n) is 7.79. The van der Waals surface area contributed by atoms with E-state index in [0.29, 0.717) is 0 Å². The fourth-order valence-corrected chi connectivity index (χ4v) is 7.79. The van der Waals surface area contributed by atoms with Gasteiger partial charge in [0.2, 0.25) is 0 Å². The van der Waals surface area contributed by atoms with E-state index >= 15 is 0 Å². The molecule has 0 fully saturated rings. The van der Waals surface area contributed by atoms with Crippen LogP contribution < -0.4 is 0 Å². The summed E-state index contributed by atoms with van der Waals surface area (Å²) in [5, 5.41) is 10.4. The van der Waals surface area contributed by atoms with Crippen molar-refractivity contribution in [1.29, 1.82) is 0 Å². The van der Waals surface area contributed by atoms with Gasteiger partial charge in [-0.15, -0.1) is 0 Å². The van der Waals surface area contributed by atoms with Crippen molar-refractivity contribution in [1.82, 2.24) is 0 Å². The van der Waals surface area contributed by atoms with Gasteiger partial charge in [-0.3, -0.25) is 0 Å². The second kappa shape index (κ2) is 9.76. The minimum Gasteiger partial charge on any atom is -0.0616 e. The lowest BCUT2D eigenvalue weighted by atomic mass is 9.91. The number of benzene rings is 9. The zero-order valence-electron chi connectivity index (χ0n) is 25.2. The molecular weight excluding hydrogens is 553 g/mol. The molecule has 0 spiro atoms. The maximum atomic E-state index is 2.36. The first-order valence-electron chi connectivity index (χ1n) is 16.0. The van der Waals surface area contributed by atoms with Gasteiger partial charge in [-0.2, -0.15) is 0 Å². The smallest absolute Gasteiger partial charge is 0.00201 e. The molecule has 0 radical (unpaired) electrons. The van der Waals surface area contributed by atoms with E-state index in [9.17, 15) is 0 Å². The van der Waals surface area contributed by atoms with Crippen molar-refractivity contribution in [2.45, 2.75) is 0 Å². The molecule has 46 heavy (non-hydrogen) atoms. The Morgan fingerprint density at radius 2 is 0.783 bits per heavy atom. The first-order valence-corrected chi connectivity index (χ1v) is 16.0. The van der Waals surface area contributed by atoms with Gasteiger partial charge in [-0.25, -0.2) is 0 Å². The van der Waals surface area contributed by atoms with E-state index in [1.54, 1.807) is 0 Å². The molecular formula is C46H28. The number of rotatable bonds is 3. The number of fused-ring (bicyclic) bond motifs is 7. The topological polar surface area (TPSA) is 0 Å². The zero-order chi connectivity index (χ0) is 30.2. The molecule has 9 aromatic carbocycles. The maximum Gasteiger partial charge on any atom is -0.00201 e. The van der Waals surface area contributed by atoms with Gasteiger partial charge < -0.3 is 0 Å². The normalized spacial score (nSPS) is 11.9. The average Bonchev–Trinajstić information content (AvgIpc) is 3.46. The van der Waals surface area contributed by atoms with Gasteiger partial charge in [0.25, 0.3) is 0 Å². The van der Waals surface area contributed by atoms with E-state index in [1.807, 2.05) is 0 Å². The molecule has 0 heterocycles. The largest absolute Gasteiger partial charge is 0.0616 e. The lowest BCUT2D eigenvalue weighted by molar-refractivity contribution is 1.62. The van der Waals surface area contributed by atoms with Crippen LogP contribution >= 0.6 is 0 Å². The van der Waals surface area contributed by atoms with Crippen molar-refractivity contribution >= 4 is 43.1 Å². The van der Waals surface area contributed by atoms with Gasteiger partial charge in [0.15, 0.2) is 0 Å². The van der Waals surface area contributed by atoms with E-state index in [4.69, 9.17) is 0 Å². The lowest BCUT2D eigenvalue weighted by Gasteiger charge is -2.13. The third-order valence-corrected chi connectivity index (χ3v) is 10.00. The third-order valence-electron chi connectivity index (χ3n) is 10.00. The van der Waals surface area contributed by atoms with E-state index in [2.05, 4.69) is 170 Å². The molecule has 1 aliphatic carbocycles. The second-order valence-electron chi connectivity index (χ2n) is 12.5. The molecule has 0 saturated heterocycles. The number of hydrogen-bond acceptors (Lipinski definition) is 0. The van der Waals surface area contributed by atoms with Gasteiger partial charge in [-0.1, -0.05) is 152 Å². The van der Waals surface area contributed by atoms with E-state index in [0.717, 1.165) is 0 Å². The van der Waals surface area contributed by atoms with Gasteiger partial charge >= 0.3 is 0 Å². The van der Waals surface area contributed by atoms with E-state index in [-0.39, 0.29) is 0 Å². The quantitative estimate of drug-likeness (QED) is 0.182. The van der Waals surface area contributed by atoms with Crippen LogP contribution in [0, 0.1) is 0 Å². The molecule has 0 heteroatoms. The van der Waals surface area contributed by atoms with Gasteiger partial charge in [0.1, 0.15) is 0 Å². The molecule has 0 aliphatic heterocycles. The summed E-state index contributed by atoms with van der Waals surface area (Å²) < 4.78 is 0. The monoisotopic (exact) mass is 580 g/mol. The Hall–Kier alpha value is -5.98. The first kappa shape index (κ1) is 25.4. The van der Waals surface area contributed by atoms with Gasteiger partial charge in [-0.05, 0) is 117 Å². The molecule has 9 aromatic rings. The van der Waals surface area contributed by atoms with Crippen LogP contribution in [0.25, 0.3) is 98.7 Å². The van der Waals surface area contributed by atoms with Crippen LogP contribution in [0.4, 0.5) is 0 Å². The Morgan fingerprint density at radius 1 is 0.217 bits per heavy atom. The van der Waals surface area contributed by atoms with E-state index in [1.165, 1.54) is 98.7 Å². The molecule has 0 bridgehead atoms. The lowest BCUT2D eigenvalue weighted by Crippen LogP contribution is -1.86. The highest BCUT2D eigenvalue weighted by Gasteiger charge is 2.22.